The highest BCUT2D eigenvalue weighted by Gasteiger charge is 2.60. The molecule has 2 aliphatic rings. The Morgan fingerprint density at radius 1 is 1.44 bits per heavy atom. The van der Waals surface area contributed by atoms with Gasteiger partial charge in [0.15, 0.2) is 4.34 Å². The summed E-state index contributed by atoms with van der Waals surface area (Å²) in [4.78, 5) is 34.8. The van der Waals surface area contributed by atoms with E-state index in [1.165, 1.54) is 28.0 Å². The van der Waals surface area contributed by atoms with Crippen molar-refractivity contribution in [2.45, 2.75) is 30.3 Å². The second-order valence-corrected chi connectivity index (χ2v) is 8.76. The van der Waals surface area contributed by atoms with Gasteiger partial charge in [0, 0.05) is 34.2 Å². The number of aliphatic hydroxyl groups excluding tert-OH is 1. The molecule has 2 aromatic rings. The van der Waals surface area contributed by atoms with Gasteiger partial charge >= 0.3 is 5.97 Å². The van der Waals surface area contributed by atoms with Gasteiger partial charge in [0.2, 0.25) is 5.91 Å². The largest absolute Gasteiger partial charge is 0.477 e. The normalized spacial score (nSPS) is 25.4. The van der Waals surface area contributed by atoms with E-state index < -0.39 is 18.0 Å². The van der Waals surface area contributed by atoms with Crippen molar-refractivity contribution in [3.8, 4) is 11.3 Å². The molecule has 9 heteroatoms. The standard InChI is InChI=1S/C18H17N3O4S2/c1-8-13-12(9(2)22)16(23)21(13)14(17(24)25)15(8)27-18-20-11(7-26-18)10-4-3-5-19-6-10/h3-9,12-13,22H,1-2H3,(H,24,25)/t8-,9-,12-,13-/m1/s1. The van der Waals surface area contributed by atoms with Crippen LogP contribution in [0.5, 0.6) is 0 Å². The minimum absolute atomic E-state index is 0.0116. The summed E-state index contributed by atoms with van der Waals surface area (Å²) >= 11 is 2.71. The van der Waals surface area contributed by atoms with Crippen molar-refractivity contribution in [2.75, 3.05) is 0 Å². The van der Waals surface area contributed by atoms with E-state index in [2.05, 4.69) is 9.97 Å². The van der Waals surface area contributed by atoms with Gasteiger partial charge in [-0.15, -0.1) is 11.3 Å². The quantitative estimate of drug-likeness (QED) is 0.739. The third kappa shape index (κ3) is 2.86. The molecule has 0 spiro atoms. The van der Waals surface area contributed by atoms with Crippen LogP contribution >= 0.6 is 23.1 Å². The fraction of sp³-hybridized carbons (Fsp3) is 0.333. The van der Waals surface area contributed by atoms with E-state index in [4.69, 9.17) is 0 Å². The topological polar surface area (TPSA) is 104 Å². The van der Waals surface area contributed by atoms with Crippen LogP contribution in [0.1, 0.15) is 13.8 Å². The Hall–Kier alpha value is -2.23. The monoisotopic (exact) mass is 403 g/mol. The van der Waals surface area contributed by atoms with E-state index in [-0.39, 0.29) is 23.6 Å². The van der Waals surface area contributed by atoms with E-state index in [0.29, 0.717) is 9.24 Å². The molecule has 0 bridgehead atoms. The number of amides is 1. The SMILES string of the molecule is C[C@@H](O)[C@H]1C(=O)N2C(C(=O)O)=C(Sc3nc(-c4cccnc4)cs3)[C@H](C)[C@H]12. The van der Waals surface area contributed by atoms with Gasteiger partial charge in [0.1, 0.15) is 5.70 Å². The van der Waals surface area contributed by atoms with Gasteiger partial charge in [-0.2, -0.15) is 0 Å². The van der Waals surface area contributed by atoms with Crippen LogP contribution < -0.4 is 0 Å². The Morgan fingerprint density at radius 2 is 2.22 bits per heavy atom. The van der Waals surface area contributed by atoms with E-state index in [9.17, 15) is 19.8 Å². The molecule has 27 heavy (non-hydrogen) atoms. The number of hydrogen-bond acceptors (Lipinski definition) is 7. The van der Waals surface area contributed by atoms with Crippen LogP contribution in [-0.2, 0) is 9.59 Å². The molecule has 7 nitrogen and oxygen atoms in total. The van der Waals surface area contributed by atoms with E-state index in [0.717, 1.165) is 11.3 Å². The van der Waals surface area contributed by atoms with Gasteiger partial charge in [-0.3, -0.25) is 9.78 Å². The van der Waals surface area contributed by atoms with Gasteiger partial charge in [0.25, 0.3) is 0 Å². The average Bonchev–Trinajstić information content (AvgIpc) is 3.18. The molecule has 4 heterocycles. The number of fused-ring (bicyclic) bond motifs is 1. The van der Waals surface area contributed by atoms with E-state index in [1.54, 1.807) is 19.3 Å². The third-order valence-corrected chi connectivity index (χ3v) is 7.17. The zero-order chi connectivity index (χ0) is 19.3. The predicted octanol–water partition coefficient (Wildman–Crippen LogP) is 2.45. The maximum absolute atomic E-state index is 12.4. The van der Waals surface area contributed by atoms with E-state index in [1.807, 2.05) is 24.4 Å². The lowest BCUT2D eigenvalue weighted by atomic mass is 9.79. The summed E-state index contributed by atoms with van der Waals surface area (Å²) in [6, 6.07) is 3.43. The fourth-order valence-electron chi connectivity index (χ4n) is 3.70. The molecule has 0 aromatic carbocycles. The summed E-state index contributed by atoms with van der Waals surface area (Å²) in [5.41, 5.74) is 1.68. The summed E-state index contributed by atoms with van der Waals surface area (Å²) in [6.45, 7) is 3.46. The number of aromatic nitrogens is 2. The predicted molar refractivity (Wildman–Crippen MR) is 101 cm³/mol. The van der Waals surface area contributed by atoms with Crippen LogP contribution in [0.4, 0.5) is 0 Å². The van der Waals surface area contributed by atoms with Gasteiger partial charge in [0.05, 0.1) is 23.8 Å². The lowest BCUT2D eigenvalue weighted by Gasteiger charge is -2.46. The Bertz CT molecular complexity index is 941. The first-order valence-corrected chi connectivity index (χ1v) is 10.1. The number of carboxylic acids is 1. The third-order valence-electron chi connectivity index (χ3n) is 4.95. The van der Waals surface area contributed by atoms with Crippen LogP contribution in [0, 0.1) is 11.8 Å². The van der Waals surface area contributed by atoms with Crippen LogP contribution in [0.15, 0.2) is 44.8 Å². The first kappa shape index (κ1) is 18.1. The number of carbonyl (C=O) groups is 2. The Balaban J connectivity index is 1.64. The number of carboxylic acid groups (broad SMARTS) is 1. The molecule has 140 valence electrons. The molecule has 0 aliphatic carbocycles. The molecular weight excluding hydrogens is 386 g/mol. The van der Waals surface area contributed by atoms with Crippen molar-refractivity contribution < 1.29 is 19.8 Å². The zero-order valence-corrected chi connectivity index (χ0v) is 16.2. The van der Waals surface area contributed by atoms with E-state index >= 15 is 0 Å². The number of carbonyl (C=O) groups excluding carboxylic acids is 1. The smallest absolute Gasteiger partial charge is 0.353 e. The molecule has 2 N–H and O–H groups in total. The molecule has 4 atom stereocenters. The van der Waals surface area contributed by atoms with Crippen LogP contribution in [0.25, 0.3) is 11.3 Å². The number of pyridine rings is 1. The second kappa shape index (κ2) is 6.74. The van der Waals surface area contributed by atoms with Gasteiger partial charge in [-0.25, -0.2) is 9.78 Å². The molecule has 1 saturated heterocycles. The van der Waals surface area contributed by atoms with Gasteiger partial charge in [-0.1, -0.05) is 18.7 Å². The summed E-state index contributed by atoms with van der Waals surface area (Å²) < 4.78 is 0.706. The molecular formula is C18H17N3O4S2. The molecule has 2 aromatic heterocycles. The maximum atomic E-state index is 12.4. The van der Waals surface area contributed by atoms with Crippen LogP contribution in [-0.4, -0.2) is 49.1 Å². The second-order valence-electron chi connectivity index (χ2n) is 6.61. The molecule has 0 saturated carbocycles. The minimum atomic E-state index is -1.13. The summed E-state index contributed by atoms with van der Waals surface area (Å²) in [5, 5.41) is 21.5. The van der Waals surface area contributed by atoms with Crippen LogP contribution in [0.2, 0.25) is 0 Å². The maximum Gasteiger partial charge on any atom is 0.353 e. The van der Waals surface area contributed by atoms with Crippen molar-refractivity contribution in [1.82, 2.24) is 14.9 Å². The number of thioether (sulfide) groups is 1. The molecule has 0 radical (unpaired) electrons. The van der Waals surface area contributed by atoms with Crippen molar-refractivity contribution in [3.05, 3.63) is 40.5 Å². The summed E-state index contributed by atoms with van der Waals surface area (Å²) in [5.74, 6) is -2.20. The van der Waals surface area contributed by atoms with Crippen molar-refractivity contribution in [2.24, 2.45) is 11.8 Å². The summed E-state index contributed by atoms with van der Waals surface area (Å²) in [7, 11) is 0. The Morgan fingerprint density at radius 3 is 2.85 bits per heavy atom. The highest BCUT2D eigenvalue weighted by Crippen LogP contribution is 2.52. The van der Waals surface area contributed by atoms with Crippen LogP contribution in [0.3, 0.4) is 0 Å². The number of thiazole rings is 1. The minimum Gasteiger partial charge on any atom is -0.477 e. The molecule has 1 amide bonds. The Labute approximate surface area is 163 Å². The number of β-lactam (4-membered cyclic amide) rings is 1. The zero-order valence-electron chi connectivity index (χ0n) is 14.6. The lowest BCUT2D eigenvalue weighted by Crippen LogP contribution is -2.63. The fourth-order valence-corrected chi connectivity index (χ4v) is 5.80. The number of rotatable bonds is 5. The highest BCUT2D eigenvalue weighted by atomic mass is 32.2. The first-order chi connectivity index (χ1) is 12.9. The summed E-state index contributed by atoms with van der Waals surface area (Å²) in [6.07, 6.45) is 2.61. The molecule has 4 rings (SSSR count). The van der Waals surface area contributed by atoms with Crippen molar-refractivity contribution in [1.29, 1.82) is 0 Å². The number of aliphatic carboxylic acids is 1. The molecule has 0 unspecified atom stereocenters. The number of aliphatic hydroxyl groups is 1. The molecule has 2 aliphatic heterocycles. The van der Waals surface area contributed by atoms with Gasteiger partial charge < -0.3 is 15.1 Å². The number of hydrogen-bond donors (Lipinski definition) is 2. The van der Waals surface area contributed by atoms with Crippen molar-refractivity contribution >= 4 is 35.0 Å². The number of nitrogens with zero attached hydrogens (tertiary/aromatic N) is 3. The molecule has 1 fully saturated rings. The first-order valence-electron chi connectivity index (χ1n) is 8.42. The Kier molecular flexibility index (Phi) is 4.53. The van der Waals surface area contributed by atoms with Crippen molar-refractivity contribution in [3.63, 3.8) is 0 Å². The lowest BCUT2D eigenvalue weighted by molar-refractivity contribution is -0.163. The highest BCUT2D eigenvalue weighted by molar-refractivity contribution is 8.04. The average molecular weight is 403 g/mol. The van der Waals surface area contributed by atoms with Gasteiger partial charge in [-0.05, 0) is 19.1 Å².